The summed E-state index contributed by atoms with van der Waals surface area (Å²) in [5.41, 5.74) is 4.10. The summed E-state index contributed by atoms with van der Waals surface area (Å²) in [6.45, 7) is 3.57. The monoisotopic (exact) mass is 454 g/mol. The Hall–Kier alpha value is -1.86. The average Bonchev–Trinajstić information content (AvgIpc) is 2.54. The van der Waals surface area contributed by atoms with Gasteiger partial charge in [0.1, 0.15) is 11.5 Å². The number of phenols is 1. The summed E-state index contributed by atoms with van der Waals surface area (Å²) in [4.78, 5) is 12.0. The molecule has 0 radical (unpaired) electrons. The number of rotatable bonds is 5. The summed E-state index contributed by atoms with van der Waals surface area (Å²) in [7, 11) is 0. The molecule has 5 nitrogen and oxygen atoms in total. The molecule has 0 saturated carbocycles. The van der Waals surface area contributed by atoms with Crippen LogP contribution in [0.4, 0.5) is 0 Å². The van der Waals surface area contributed by atoms with Crippen LogP contribution in [0.3, 0.4) is 0 Å². The number of benzene rings is 2. The van der Waals surface area contributed by atoms with Crippen molar-refractivity contribution in [3.05, 3.63) is 56.5 Å². The first kappa shape index (κ1) is 18.5. The molecular formula is C17H16Br2N2O3. The van der Waals surface area contributed by atoms with E-state index in [2.05, 4.69) is 42.4 Å². The first-order chi connectivity index (χ1) is 11.4. The van der Waals surface area contributed by atoms with Gasteiger partial charge in [-0.15, -0.1) is 0 Å². The topological polar surface area (TPSA) is 70.9 Å². The number of hydrogen-bond donors (Lipinski definition) is 2. The fourth-order valence-electron chi connectivity index (χ4n) is 1.85. The molecule has 0 bridgehead atoms. The van der Waals surface area contributed by atoms with Crippen LogP contribution in [0.5, 0.6) is 11.5 Å². The maximum absolute atomic E-state index is 12.0. The lowest BCUT2D eigenvalue weighted by molar-refractivity contribution is -0.127. The third kappa shape index (κ3) is 4.82. The van der Waals surface area contributed by atoms with E-state index in [1.807, 2.05) is 31.2 Å². The number of hydrogen-bond acceptors (Lipinski definition) is 4. The third-order valence-electron chi connectivity index (χ3n) is 3.19. The molecular weight excluding hydrogens is 440 g/mol. The lowest BCUT2D eigenvalue weighted by Gasteiger charge is -2.14. The first-order valence-corrected chi connectivity index (χ1v) is 8.70. The van der Waals surface area contributed by atoms with E-state index in [4.69, 9.17) is 4.74 Å². The van der Waals surface area contributed by atoms with E-state index in [9.17, 15) is 9.90 Å². The summed E-state index contributed by atoms with van der Waals surface area (Å²) in [6.07, 6.45) is 0.800. The maximum atomic E-state index is 12.0. The molecule has 2 rings (SSSR count). The summed E-state index contributed by atoms with van der Waals surface area (Å²) >= 11 is 6.47. The number of halogens is 2. The number of amides is 1. The van der Waals surface area contributed by atoms with Crippen molar-refractivity contribution in [2.24, 2.45) is 5.10 Å². The number of ether oxygens (including phenoxy) is 1. The van der Waals surface area contributed by atoms with Gasteiger partial charge in [-0.2, -0.15) is 5.10 Å². The van der Waals surface area contributed by atoms with Crippen LogP contribution in [-0.4, -0.2) is 23.3 Å². The van der Waals surface area contributed by atoms with Crippen LogP contribution in [-0.2, 0) is 4.79 Å². The molecule has 7 heteroatoms. The molecule has 1 amide bonds. The Morgan fingerprint density at radius 1 is 1.29 bits per heavy atom. The summed E-state index contributed by atoms with van der Waals surface area (Å²) in [5, 5.41) is 13.6. The zero-order valence-electron chi connectivity index (χ0n) is 13.1. The van der Waals surface area contributed by atoms with E-state index in [1.165, 1.54) is 6.21 Å². The molecule has 2 aromatic carbocycles. The van der Waals surface area contributed by atoms with E-state index in [0.29, 0.717) is 20.3 Å². The number of para-hydroxylation sites is 1. The van der Waals surface area contributed by atoms with Crippen LogP contribution < -0.4 is 10.2 Å². The third-order valence-corrected chi connectivity index (χ3v) is 4.40. The van der Waals surface area contributed by atoms with Crippen molar-refractivity contribution in [2.45, 2.75) is 20.0 Å². The van der Waals surface area contributed by atoms with Gasteiger partial charge in [0.25, 0.3) is 5.91 Å². The molecule has 0 aliphatic heterocycles. The van der Waals surface area contributed by atoms with Gasteiger partial charge in [0, 0.05) is 0 Å². The van der Waals surface area contributed by atoms with Gasteiger partial charge in [-0.1, -0.05) is 18.2 Å². The number of carbonyl (C=O) groups excluding carboxylic acids is 1. The first-order valence-electron chi connectivity index (χ1n) is 7.11. The molecule has 0 saturated heterocycles. The van der Waals surface area contributed by atoms with Crippen molar-refractivity contribution >= 4 is 44.0 Å². The predicted octanol–water partition coefficient (Wildman–Crippen LogP) is 4.14. The molecule has 24 heavy (non-hydrogen) atoms. The standard InChI is InChI=1S/C17H16Br2N2O3/c1-10-5-3-4-6-15(10)24-11(2)17(23)21-20-9-12-7-13(18)16(22)14(19)8-12/h3-9,11,22H,1-2H3,(H,21,23). The Morgan fingerprint density at radius 3 is 2.54 bits per heavy atom. The lowest BCUT2D eigenvalue weighted by Crippen LogP contribution is -2.33. The van der Waals surface area contributed by atoms with E-state index in [-0.39, 0.29) is 11.7 Å². The van der Waals surface area contributed by atoms with Crippen LogP contribution >= 0.6 is 31.9 Å². The van der Waals surface area contributed by atoms with Gasteiger partial charge in [-0.05, 0) is 75.0 Å². The van der Waals surface area contributed by atoms with Gasteiger partial charge >= 0.3 is 0 Å². The minimum Gasteiger partial charge on any atom is -0.506 e. The largest absolute Gasteiger partial charge is 0.506 e. The van der Waals surface area contributed by atoms with Gasteiger partial charge in [0.2, 0.25) is 0 Å². The van der Waals surface area contributed by atoms with Crippen LogP contribution in [0.1, 0.15) is 18.1 Å². The minimum atomic E-state index is -0.679. The summed E-state index contributed by atoms with van der Waals surface area (Å²) in [6, 6.07) is 10.9. The van der Waals surface area contributed by atoms with Crippen molar-refractivity contribution in [1.82, 2.24) is 5.43 Å². The van der Waals surface area contributed by atoms with Gasteiger partial charge in [0.05, 0.1) is 15.2 Å². The van der Waals surface area contributed by atoms with Crippen molar-refractivity contribution in [3.8, 4) is 11.5 Å². The van der Waals surface area contributed by atoms with Crippen molar-refractivity contribution in [3.63, 3.8) is 0 Å². The second kappa shape index (κ2) is 8.30. The molecule has 0 aliphatic carbocycles. The van der Waals surface area contributed by atoms with E-state index < -0.39 is 6.10 Å². The quantitative estimate of drug-likeness (QED) is 0.525. The number of nitrogens with zero attached hydrogens (tertiary/aromatic N) is 1. The normalized spacial score (nSPS) is 12.2. The Labute approximate surface area is 157 Å². The van der Waals surface area contributed by atoms with E-state index in [1.54, 1.807) is 19.1 Å². The lowest BCUT2D eigenvalue weighted by atomic mass is 10.2. The molecule has 0 aliphatic rings. The molecule has 1 atom stereocenters. The maximum Gasteiger partial charge on any atom is 0.280 e. The molecule has 0 fully saturated rings. The fourth-order valence-corrected chi connectivity index (χ4v) is 3.08. The molecule has 126 valence electrons. The second-order valence-corrected chi connectivity index (χ2v) is 6.80. The average molecular weight is 456 g/mol. The Morgan fingerprint density at radius 2 is 1.92 bits per heavy atom. The van der Waals surface area contributed by atoms with Gasteiger partial charge in [-0.25, -0.2) is 5.43 Å². The van der Waals surface area contributed by atoms with Gasteiger partial charge in [0.15, 0.2) is 6.10 Å². The number of aromatic hydroxyl groups is 1. The zero-order chi connectivity index (χ0) is 17.7. The highest BCUT2D eigenvalue weighted by molar-refractivity contribution is 9.11. The predicted molar refractivity (Wildman–Crippen MR) is 101 cm³/mol. The molecule has 0 heterocycles. The summed E-state index contributed by atoms with van der Waals surface area (Å²) < 4.78 is 6.69. The van der Waals surface area contributed by atoms with Crippen molar-refractivity contribution in [2.75, 3.05) is 0 Å². The van der Waals surface area contributed by atoms with E-state index >= 15 is 0 Å². The van der Waals surface area contributed by atoms with Crippen molar-refractivity contribution < 1.29 is 14.6 Å². The van der Waals surface area contributed by atoms with Crippen LogP contribution in [0.15, 0.2) is 50.4 Å². The molecule has 0 spiro atoms. The molecule has 2 N–H and O–H groups in total. The second-order valence-electron chi connectivity index (χ2n) is 5.09. The minimum absolute atomic E-state index is 0.108. The van der Waals surface area contributed by atoms with Crippen LogP contribution in [0, 0.1) is 6.92 Å². The Bertz CT molecular complexity index is 755. The SMILES string of the molecule is Cc1ccccc1OC(C)C(=O)NN=Cc1cc(Br)c(O)c(Br)c1. The number of phenolic OH excluding ortho intramolecular Hbond substituents is 1. The van der Waals surface area contributed by atoms with Gasteiger partial charge < -0.3 is 9.84 Å². The summed E-state index contributed by atoms with van der Waals surface area (Å²) in [5.74, 6) is 0.415. The molecule has 0 aromatic heterocycles. The number of nitrogens with one attached hydrogen (secondary N) is 1. The number of carbonyl (C=O) groups is 1. The highest BCUT2D eigenvalue weighted by Gasteiger charge is 2.14. The van der Waals surface area contributed by atoms with E-state index in [0.717, 1.165) is 5.56 Å². The number of aryl methyl sites for hydroxylation is 1. The van der Waals surface area contributed by atoms with Crippen LogP contribution in [0.25, 0.3) is 0 Å². The van der Waals surface area contributed by atoms with Crippen LogP contribution in [0.2, 0.25) is 0 Å². The Kier molecular flexibility index (Phi) is 6.39. The smallest absolute Gasteiger partial charge is 0.280 e. The van der Waals surface area contributed by atoms with Crippen molar-refractivity contribution in [1.29, 1.82) is 0 Å². The fraction of sp³-hybridized carbons (Fsp3) is 0.176. The molecule has 1 unspecified atom stereocenters. The Balaban J connectivity index is 1.96. The highest BCUT2D eigenvalue weighted by atomic mass is 79.9. The van der Waals surface area contributed by atoms with Gasteiger partial charge in [-0.3, -0.25) is 4.79 Å². The highest BCUT2D eigenvalue weighted by Crippen LogP contribution is 2.32. The molecule has 2 aromatic rings. The number of hydrazone groups is 1. The zero-order valence-corrected chi connectivity index (χ0v) is 16.3.